The van der Waals surface area contributed by atoms with Gasteiger partial charge in [-0.1, -0.05) is 23.7 Å². The van der Waals surface area contributed by atoms with E-state index in [2.05, 4.69) is 4.72 Å². The Balaban J connectivity index is 2.44. The van der Waals surface area contributed by atoms with Crippen LogP contribution >= 0.6 is 11.6 Å². The zero-order valence-corrected chi connectivity index (χ0v) is 12.7. The largest absolute Gasteiger partial charge is 0.398 e. The third-order valence-corrected chi connectivity index (χ3v) is 4.81. The van der Waals surface area contributed by atoms with Crippen LogP contribution in [0.5, 0.6) is 0 Å². The quantitative estimate of drug-likeness (QED) is 0.854. The summed E-state index contributed by atoms with van der Waals surface area (Å²) in [5, 5.41) is 0.357. The van der Waals surface area contributed by atoms with E-state index in [1.807, 2.05) is 6.92 Å². The molecule has 0 aromatic heterocycles. The molecule has 2 aromatic rings. The minimum absolute atomic E-state index is 0.147. The van der Waals surface area contributed by atoms with Crippen molar-refractivity contribution < 1.29 is 8.42 Å². The molecule has 0 atom stereocenters. The Kier molecular flexibility index (Phi) is 3.92. The van der Waals surface area contributed by atoms with Gasteiger partial charge in [-0.3, -0.25) is 4.72 Å². The summed E-state index contributed by atoms with van der Waals surface area (Å²) in [4.78, 5) is 0.147. The molecule has 0 spiro atoms. The van der Waals surface area contributed by atoms with Gasteiger partial charge in [0.15, 0.2) is 0 Å². The second-order valence-electron chi connectivity index (χ2n) is 4.56. The van der Waals surface area contributed by atoms with Gasteiger partial charge in [-0.2, -0.15) is 0 Å². The lowest BCUT2D eigenvalue weighted by Crippen LogP contribution is -2.15. The normalized spacial score (nSPS) is 11.3. The molecular weight excluding hydrogens is 296 g/mol. The highest BCUT2D eigenvalue weighted by Crippen LogP contribution is 2.27. The van der Waals surface area contributed by atoms with Crippen LogP contribution in [-0.4, -0.2) is 8.42 Å². The van der Waals surface area contributed by atoms with Crippen LogP contribution in [0.2, 0.25) is 5.02 Å². The fourth-order valence-electron chi connectivity index (χ4n) is 1.83. The maximum absolute atomic E-state index is 12.4. The molecule has 0 saturated carbocycles. The Bertz CT molecular complexity index is 758. The van der Waals surface area contributed by atoms with Crippen molar-refractivity contribution in [1.82, 2.24) is 0 Å². The van der Waals surface area contributed by atoms with Crippen LogP contribution in [0.4, 0.5) is 11.4 Å². The standard InChI is InChI=1S/C14H15ClN2O2S/c1-9-6-7-13(11(15)8-9)17-20(18,19)14-5-3-4-12(16)10(14)2/h3-8,17H,16H2,1-2H3. The van der Waals surface area contributed by atoms with Gasteiger partial charge in [0.2, 0.25) is 0 Å². The number of sulfonamides is 1. The van der Waals surface area contributed by atoms with Crippen molar-refractivity contribution in [3.05, 3.63) is 52.5 Å². The maximum Gasteiger partial charge on any atom is 0.262 e. The fraction of sp³-hybridized carbons (Fsp3) is 0.143. The van der Waals surface area contributed by atoms with Gasteiger partial charge in [-0.15, -0.1) is 0 Å². The molecule has 0 fully saturated rings. The molecule has 0 heterocycles. The maximum atomic E-state index is 12.4. The van der Waals surface area contributed by atoms with Gasteiger partial charge in [-0.05, 0) is 49.2 Å². The molecule has 0 aliphatic rings. The van der Waals surface area contributed by atoms with Crippen molar-refractivity contribution in [2.45, 2.75) is 18.7 Å². The molecule has 0 amide bonds. The summed E-state index contributed by atoms with van der Waals surface area (Å²) >= 11 is 6.04. The van der Waals surface area contributed by atoms with Crippen molar-refractivity contribution in [2.24, 2.45) is 0 Å². The van der Waals surface area contributed by atoms with Crippen LogP contribution in [0.25, 0.3) is 0 Å². The van der Waals surface area contributed by atoms with Gasteiger partial charge >= 0.3 is 0 Å². The Hall–Kier alpha value is -1.72. The van der Waals surface area contributed by atoms with Gasteiger partial charge in [0.25, 0.3) is 10.0 Å². The van der Waals surface area contributed by atoms with Crippen molar-refractivity contribution in [3.63, 3.8) is 0 Å². The molecule has 0 radical (unpaired) electrons. The summed E-state index contributed by atoms with van der Waals surface area (Å²) in [5.41, 5.74) is 8.00. The van der Waals surface area contributed by atoms with Crippen LogP contribution in [0.15, 0.2) is 41.3 Å². The number of nitrogen functional groups attached to an aromatic ring is 1. The SMILES string of the molecule is Cc1ccc(NS(=O)(=O)c2cccc(N)c2C)c(Cl)c1. The summed E-state index contributed by atoms with van der Waals surface area (Å²) < 4.78 is 27.3. The molecule has 4 nitrogen and oxygen atoms in total. The number of anilines is 2. The summed E-state index contributed by atoms with van der Waals surface area (Å²) in [6, 6.07) is 9.90. The van der Waals surface area contributed by atoms with Crippen LogP contribution in [0, 0.1) is 13.8 Å². The van der Waals surface area contributed by atoms with Gasteiger partial charge in [-0.25, -0.2) is 8.42 Å². The average Bonchev–Trinajstić information content (AvgIpc) is 2.36. The molecular formula is C14H15ClN2O2S. The molecule has 0 aliphatic carbocycles. The van der Waals surface area contributed by atoms with E-state index < -0.39 is 10.0 Å². The molecule has 0 bridgehead atoms. The summed E-state index contributed by atoms with van der Waals surface area (Å²) in [6.07, 6.45) is 0. The number of hydrogen-bond acceptors (Lipinski definition) is 3. The van der Waals surface area contributed by atoms with E-state index >= 15 is 0 Å². The van der Waals surface area contributed by atoms with Gasteiger partial charge in [0.05, 0.1) is 15.6 Å². The molecule has 106 valence electrons. The predicted molar refractivity (Wildman–Crippen MR) is 82.6 cm³/mol. The summed E-state index contributed by atoms with van der Waals surface area (Å²) in [6.45, 7) is 3.55. The van der Waals surface area contributed by atoms with Crippen LogP contribution < -0.4 is 10.5 Å². The molecule has 0 unspecified atom stereocenters. The number of rotatable bonds is 3. The second-order valence-corrected chi connectivity index (χ2v) is 6.62. The van der Waals surface area contributed by atoms with E-state index in [9.17, 15) is 8.42 Å². The first-order valence-electron chi connectivity index (χ1n) is 5.95. The lowest BCUT2D eigenvalue weighted by molar-refractivity contribution is 0.600. The highest BCUT2D eigenvalue weighted by molar-refractivity contribution is 7.92. The van der Waals surface area contributed by atoms with Crippen molar-refractivity contribution in [2.75, 3.05) is 10.5 Å². The molecule has 20 heavy (non-hydrogen) atoms. The van der Waals surface area contributed by atoms with E-state index in [4.69, 9.17) is 17.3 Å². The zero-order chi connectivity index (χ0) is 14.9. The minimum atomic E-state index is -3.72. The van der Waals surface area contributed by atoms with Crippen molar-refractivity contribution in [3.8, 4) is 0 Å². The van der Waals surface area contributed by atoms with E-state index in [1.165, 1.54) is 6.07 Å². The number of hydrogen-bond donors (Lipinski definition) is 2. The van der Waals surface area contributed by atoms with Gasteiger partial charge in [0.1, 0.15) is 0 Å². The third-order valence-electron chi connectivity index (χ3n) is 2.98. The highest BCUT2D eigenvalue weighted by atomic mass is 35.5. The van der Waals surface area contributed by atoms with E-state index in [-0.39, 0.29) is 4.90 Å². The Morgan fingerprint density at radius 2 is 1.85 bits per heavy atom. The molecule has 0 saturated heterocycles. The first-order chi connectivity index (χ1) is 9.31. The summed E-state index contributed by atoms with van der Waals surface area (Å²) in [5.74, 6) is 0. The lowest BCUT2D eigenvalue weighted by Gasteiger charge is -2.13. The fourth-order valence-corrected chi connectivity index (χ4v) is 3.52. The van der Waals surface area contributed by atoms with Crippen molar-refractivity contribution in [1.29, 1.82) is 0 Å². The van der Waals surface area contributed by atoms with Crippen molar-refractivity contribution >= 4 is 33.0 Å². The van der Waals surface area contributed by atoms with E-state index in [0.717, 1.165) is 5.56 Å². The predicted octanol–water partition coefficient (Wildman–Crippen LogP) is 3.34. The van der Waals surface area contributed by atoms with Gasteiger partial charge < -0.3 is 5.73 Å². The monoisotopic (exact) mass is 310 g/mol. The molecule has 6 heteroatoms. The smallest absolute Gasteiger partial charge is 0.262 e. The number of nitrogens with two attached hydrogens (primary N) is 1. The van der Waals surface area contributed by atoms with Gasteiger partial charge in [0, 0.05) is 5.69 Å². The highest BCUT2D eigenvalue weighted by Gasteiger charge is 2.19. The zero-order valence-electron chi connectivity index (χ0n) is 11.1. The summed E-state index contributed by atoms with van der Waals surface area (Å²) in [7, 11) is -3.72. The van der Waals surface area contributed by atoms with E-state index in [0.29, 0.717) is 22.0 Å². The number of benzene rings is 2. The third kappa shape index (κ3) is 2.89. The Morgan fingerprint density at radius 1 is 1.15 bits per heavy atom. The number of halogens is 1. The van der Waals surface area contributed by atoms with Crippen LogP contribution in [0.1, 0.15) is 11.1 Å². The Morgan fingerprint density at radius 3 is 2.50 bits per heavy atom. The number of nitrogens with one attached hydrogen (secondary N) is 1. The molecule has 2 aromatic carbocycles. The Labute approximate surface area is 123 Å². The molecule has 3 N–H and O–H groups in total. The first-order valence-corrected chi connectivity index (χ1v) is 7.81. The van der Waals surface area contributed by atoms with Crippen LogP contribution in [-0.2, 0) is 10.0 Å². The topological polar surface area (TPSA) is 72.2 Å². The lowest BCUT2D eigenvalue weighted by atomic mass is 10.2. The molecule has 0 aliphatic heterocycles. The first kappa shape index (κ1) is 14.7. The van der Waals surface area contributed by atoms with Crippen LogP contribution in [0.3, 0.4) is 0 Å². The second kappa shape index (κ2) is 5.34. The average molecular weight is 311 g/mol. The number of aryl methyl sites for hydroxylation is 1. The minimum Gasteiger partial charge on any atom is -0.398 e. The molecule has 2 rings (SSSR count). The van der Waals surface area contributed by atoms with E-state index in [1.54, 1.807) is 37.3 Å².